The zero-order valence-electron chi connectivity index (χ0n) is 6.14. The van der Waals surface area contributed by atoms with Gasteiger partial charge >= 0.3 is 0 Å². The zero-order valence-corrected chi connectivity index (χ0v) is 7.65. The molecule has 0 nitrogen and oxygen atoms in total. The average molecular weight is 187 g/mol. The molecule has 58 valence electrons. The molecule has 0 amide bonds. The van der Waals surface area contributed by atoms with E-state index in [4.69, 9.17) is 23.2 Å². The van der Waals surface area contributed by atoms with Crippen molar-refractivity contribution >= 4 is 28.2 Å². The summed E-state index contributed by atoms with van der Waals surface area (Å²) in [6.45, 7) is 1.89. The lowest BCUT2D eigenvalue weighted by Crippen LogP contribution is -1.74. The fourth-order valence-electron chi connectivity index (χ4n) is 0.804. The van der Waals surface area contributed by atoms with Crippen LogP contribution in [-0.2, 0) is 0 Å². The molecule has 0 heterocycles. The van der Waals surface area contributed by atoms with Crippen LogP contribution in [0.2, 0.25) is 5.02 Å². The van der Waals surface area contributed by atoms with E-state index in [0.717, 1.165) is 10.6 Å². The summed E-state index contributed by atoms with van der Waals surface area (Å²) in [5, 5.41) is 1.44. The second-order valence-corrected chi connectivity index (χ2v) is 2.99. The van der Waals surface area contributed by atoms with Gasteiger partial charge in [0, 0.05) is 10.1 Å². The van der Waals surface area contributed by atoms with Gasteiger partial charge in [0.2, 0.25) is 0 Å². The maximum Gasteiger partial charge on any atom is 0.0436 e. The van der Waals surface area contributed by atoms with Crippen molar-refractivity contribution in [3.05, 3.63) is 40.9 Å². The molecule has 1 aromatic rings. The molecule has 0 spiro atoms. The Morgan fingerprint density at radius 3 is 2.73 bits per heavy atom. The third kappa shape index (κ3) is 2.25. The van der Waals surface area contributed by atoms with Crippen molar-refractivity contribution in [3.8, 4) is 0 Å². The minimum Gasteiger partial charge on any atom is -0.0843 e. The predicted molar refractivity (Wildman–Crippen MR) is 51.0 cm³/mol. The first-order chi connectivity index (χ1) is 5.24. The summed E-state index contributed by atoms with van der Waals surface area (Å²) in [6, 6.07) is 7.46. The molecule has 2 heteroatoms. The summed E-state index contributed by atoms with van der Waals surface area (Å²) in [6.07, 6.45) is 1.84. The van der Waals surface area contributed by atoms with E-state index in [9.17, 15) is 0 Å². The molecule has 0 fully saturated rings. The minimum absolute atomic E-state index is 0.711. The van der Waals surface area contributed by atoms with Crippen molar-refractivity contribution in [2.75, 3.05) is 0 Å². The molecule has 1 rings (SSSR count). The molecular weight excluding hydrogens is 179 g/mol. The Kier molecular flexibility index (Phi) is 2.98. The Hall–Kier alpha value is -0.460. The molecule has 0 N–H and O–H groups in total. The van der Waals surface area contributed by atoms with E-state index in [-0.39, 0.29) is 0 Å². The summed E-state index contributed by atoms with van der Waals surface area (Å²) in [4.78, 5) is 0. The highest BCUT2D eigenvalue weighted by atomic mass is 35.5. The molecule has 0 saturated carbocycles. The summed E-state index contributed by atoms with van der Waals surface area (Å²) in [7, 11) is 0. The molecule has 0 radical (unpaired) electrons. The van der Waals surface area contributed by atoms with Crippen LogP contribution < -0.4 is 0 Å². The first kappa shape index (κ1) is 8.63. The normalized spacial score (nSPS) is 11.7. The molecule has 11 heavy (non-hydrogen) atoms. The van der Waals surface area contributed by atoms with Gasteiger partial charge < -0.3 is 0 Å². The Morgan fingerprint density at radius 1 is 1.45 bits per heavy atom. The second-order valence-electron chi connectivity index (χ2n) is 2.15. The first-order valence-corrected chi connectivity index (χ1v) is 4.07. The quantitative estimate of drug-likeness (QED) is 0.624. The van der Waals surface area contributed by atoms with Crippen LogP contribution in [0.15, 0.2) is 30.3 Å². The van der Waals surface area contributed by atoms with E-state index in [1.165, 1.54) is 0 Å². The van der Waals surface area contributed by atoms with Crippen LogP contribution in [-0.4, -0.2) is 0 Å². The van der Waals surface area contributed by atoms with E-state index in [1.807, 2.05) is 37.3 Å². The van der Waals surface area contributed by atoms with Gasteiger partial charge in [-0.2, -0.15) is 0 Å². The van der Waals surface area contributed by atoms with E-state index in [1.54, 1.807) is 0 Å². The molecule has 0 saturated heterocycles. The molecule has 0 aliphatic rings. The van der Waals surface area contributed by atoms with Crippen molar-refractivity contribution in [2.24, 2.45) is 0 Å². The standard InChI is InChI=1S/C9H8Cl2/c1-2-9(11)7-4-3-5-8(10)6-7/h2-6H,1H3. The summed E-state index contributed by atoms with van der Waals surface area (Å²) >= 11 is 11.6. The highest BCUT2D eigenvalue weighted by Crippen LogP contribution is 2.21. The van der Waals surface area contributed by atoms with Gasteiger partial charge in [0.05, 0.1) is 0 Å². The Labute approximate surface area is 76.4 Å². The van der Waals surface area contributed by atoms with Crippen LogP contribution in [0.5, 0.6) is 0 Å². The van der Waals surface area contributed by atoms with Crippen LogP contribution >= 0.6 is 23.2 Å². The maximum atomic E-state index is 5.87. The molecule has 1 aromatic carbocycles. The van der Waals surface area contributed by atoms with E-state index < -0.39 is 0 Å². The fraction of sp³-hybridized carbons (Fsp3) is 0.111. The lowest BCUT2D eigenvalue weighted by atomic mass is 10.2. The Bertz CT molecular complexity index is 277. The van der Waals surface area contributed by atoms with E-state index in [2.05, 4.69) is 0 Å². The lowest BCUT2D eigenvalue weighted by molar-refractivity contribution is 1.63. The van der Waals surface area contributed by atoms with Crippen molar-refractivity contribution < 1.29 is 0 Å². The number of hydrogen-bond donors (Lipinski definition) is 0. The van der Waals surface area contributed by atoms with Gasteiger partial charge in [0.15, 0.2) is 0 Å². The maximum absolute atomic E-state index is 5.87. The molecule has 0 unspecified atom stereocenters. The average Bonchev–Trinajstić information content (AvgIpc) is 2.03. The number of benzene rings is 1. The second kappa shape index (κ2) is 3.80. The van der Waals surface area contributed by atoms with Gasteiger partial charge in [0.1, 0.15) is 0 Å². The minimum atomic E-state index is 0.711. The number of allylic oxidation sites excluding steroid dienone is 1. The first-order valence-electron chi connectivity index (χ1n) is 3.32. The van der Waals surface area contributed by atoms with Gasteiger partial charge in [-0.05, 0) is 24.6 Å². The Morgan fingerprint density at radius 2 is 2.18 bits per heavy atom. The molecule has 0 aliphatic heterocycles. The van der Waals surface area contributed by atoms with Gasteiger partial charge in [-0.1, -0.05) is 41.4 Å². The predicted octanol–water partition coefficient (Wildman–Crippen LogP) is 3.94. The smallest absolute Gasteiger partial charge is 0.0436 e. The fourth-order valence-corrected chi connectivity index (χ4v) is 1.11. The van der Waals surface area contributed by atoms with Crippen LogP contribution in [0.4, 0.5) is 0 Å². The zero-order chi connectivity index (χ0) is 8.27. The number of rotatable bonds is 1. The number of halogens is 2. The molecule has 0 bridgehead atoms. The van der Waals surface area contributed by atoms with Crippen molar-refractivity contribution in [1.82, 2.24) is 0 Å². The largest absolute Gasteiger partial charge is 0.0843 e. The summed E-state index contributed by atoms with van der Waals surface area (Å²) < 4.78 is 0. The van der Waals surface area contributed by atoms with E-state index in [0.29, 0.717) is 5.02 Å². The lowest BCUT2D eigenvalue weighted by Gasteiger charge is -1.97. The monoisotopic (exact) mass is 186 g/mol. The third-order valence-corrected chi connectivity index (χ3v) is 2.03. The molecular formula is C9H8Cl2. The highest BCUT2D eigenvalue weighted by Gasteiger charge is 1.95. The molecule has 0 aliphatic carbocycles. The van der Waals surface area contributed by atoms with Gasteiger partial charge in [-0.25, -0.2) is 0 Å². The van der Waals surface area contributed by atoms with Crippen molar-refractivity contribution in [1.29, 1.82) is 0 Å². The van der Waals surface area contributed by atoms with Crippen LogP contribution in [0.1, 0.15) is 12.5 Å². The van der Waals surface area contributed by atoms with Crippen molar-refractivity contribution in [3.63, 3.8) is 0 Å². The van der Waals surface area contributed by atoms with Crippen LogP contribution in [0, 0.1) is 0 Å². The Balaban J connectivity index is 3.06. The summed E-state index contributed by atoms with van der Waals surface area (Å²) in [5.41, 5.74) is 0.960. The number of hydrogen-bond acceptors (Lipinski definition) is 0. The van der Waals surface area contributed by atoms with Crippen LogP contribution in [0.3, 0.4) is 0 Å². The van der Waals surface area contributed by atoms with Gasteiger partial charge in [-0.15, -0.1) is 0 Å². The molecule has 0 aromatic heterocycles. The topological polar surface area (TPSA) is 0 Å². The summed E-state index contributed by atoms with van der Waals surface area (Å²) in [5.74, 6) is 0. The van der Waals surface area contributed by atoms with Crippen molar-refractivity contribution in [2.45, 2.75) is 6.92 Å². The SMILES string of the molecule is CC=C(Cl)c1cccc(Cl)c1. The van der Waals surface area contributed by atoms with Gasteiger partial charge in [0.25, 0.3) is 0 Å². The van der Waals surface area contributed by atoms with E-state index >= 15 is 0 Å². The van der Waals surface area contributed by atoms with Gasteiger partial charge in [-0.3, -0.25) is 0 Å². The highest BCUT2D eigenvalue weighted by molar-refractivity contribution is 6.48. The molecule has 0 atom stereocenters. The van der Waals surface area contributed by atoms with Crippen LogP contribution in [0.25, 0.3) is 5.03 Å². The third-order valence-electron chi connectivity index (χ3n) is 1.35.